The Morgan fingerprint density at radius 2 is 2.17 bits per heavy atom. The third-order valence-corrected chi connectivity index (χ3v) is 4.08. The van der Waals surface area contributed by atoms with Gasteiger partial charge in [-0.1, -0.05) is 13.3 Å². The average molecular weight is 268 g/mol. The molecule has 1 amide bonds. The number of rotatable bonds is 3. The summed E-state index contributed by atoms with van der Waals surface area (Å²) in [7, 11) is 0. The van der Waals surface area contributed by atoms with E-state index in [1.165, 1.54) is 11.8 Å². The van der Waals surface area contributed by atoms with E-state index in [1.807, 2.05) is 6.92 Å². The minimum Gasteiger partial charge on any atom is -0.481 e. The lowest BCUT2D eigenvalue weighted by Crippen LogP contribution is -2.25. The van der Waals surface area contributed by atoms with E-state index in [2.05, 4.69) is 15.5 Å². The Bertz CT molecular complexity index is 433. The van der Waals surface area contributed by atoms with Crippen molar-refractivity contribution in [2.24, 2.45) is 21.9 Å². The SMILES string of the molecule is CCC1=N[N]C(=NC(=O)C2CCCC2C(=O)O)S1. The smallest absolute Gasteiger partial charge is 0.307 e. The largest absolute Gasteiger partial charge is 0.481 e. The molecule has 0 bridgehead atoms. The first-order valence-electron chi connectivity index (χ1n) is 5.92. The first kappa shape index (κ1) is 13.1. The van der Waals surface area contributed by atoms with Crippen molar-refractivity contribution in [2.75, 3.05) is 0 Å². The summed E-state index contributed by atoms with van der Waals surface area (Å²) < 4.78 is 0. The van der Waals surface area contributed by atoms with Crippen molar-refractivity contribution in [3.05, 3.63) is 0 Å². The molecule has 0 spiro atoms. The lowest BCUT2D eigenvalue weighted by atomic mass is 9.96. The number of carboxylic acids is 1. The van der Waals surface area contributed by atoms with Crippen molar-refractivity contribution in [2.45, 2.75) is 32.6 Å². The number of hydrogen-bond acceptors (Lipinski definition) is 4. The fourth-order valence-electron chi connectivity index (χ4n) is 2.16. The molecule has 0 aromatic carbocycles. The normalized spacial score (nSPS) is 29.2. The Hall–Kier alpha value is -1.37. The van der Waals surface area contributed by atoms with Crippen LogP contribution in [-0.4, -0.2) is 27.2 Å². The zero-order chi connectivity index (χ0) is 13.1. The van der Waals surface area contributed by atoms with Gasteiger partial charge in [-0.05, 0) is 31.0 Å². The molecule has 1 radical (unpaired) electrons. The molecular weight excluding hydrogens is 254 g/mol. The topological polar surface area (TPSA) is 93.2 Å². The molecule has 1 aliphatic heterocycles. The van der Waals surface area contributed by atoms with Crippen LogP contribution < -0.4 is 5.43 Å². The number of aliphatic carboxylic acids is 1. The maximum atomic E-state index is 11.9. The number of hydrogen-bond donors (Lipinski definition) is 1. The van der Waals surface area contributed by atoms with Crippen LogP contribution in [0.2, 0.25) is 0 Å². The lowest BCUT2D eigenvalue weighted by Gasteiger charge is -2.11. The molecule has 2 aliphatic rings. The molecule has 1 heterocycles. The van der Waals surface area contributed by atoms with Crippen LogP contribution in [0, 0.1) is 11.8 Å². The highest BCUT2D eigenvalue weighted by atomic mass is 32.2. The summed E-state index contributed by atoms with van der Waals surface area (Å²) in [5.41, 5.74) is 3.80. The molecule has 6 nitrogen and oxygen atoms in total. The maximum absolute atomic E-state index is 11.9. The second-order valence-corrected chi connectivity index (χ2v) is 5.30. The van der Waals surface area contributed by atoms with Crippen LogP contribution in [0.15, 0.2) is 10.1 Å². The predicted octanol–water partition coefficient (Wildman–Crippen LogP) is 1.44. The van der Waals surface area contributed by atoms with E-state index >= 15 is 0 Å². The minimum absolute atomic E-state index is 0.327. The molecule has 2 atom stereocenters. The summed E-state index contributed by atoms with van der Waals surface area (Å²) in [6.45, 7) is 1.95. The van der Waals surface area contributed by atoms with Gasteiger partial charge in [0.2, 0.25) is 5.17 Å². The highest BCUT2D eigenvalue weighted by molar-refractivity contribution is 8.26. The molecule has 0 saturated heterocycles. The summed E-state index contributed by atoms with van der Waals surface area (Å²) in [5.74, 6) is -2.39. The summed E-state index contributed by atoms with van der Waals surface area (Å²) in [6.07, 6.45) is 2.66. The third kappa shape index (κ3) is 2.72. The fourth-order valence-corrected chi connectivity index (χ4v) is 2.82. The molecule has 97 valence electrons. The van der Waals surface area contributed by atoms with E-state index < -0.39 is 17.8 Å². The molecule has 1 saturated carbocycles. The van der Waals surface area contributed by atoms with E-state index in [1.54, 1.807) is 0 Å². The standard InChI is InChI=1S/C11H14N3O3S/c1-2-8-13-14-11(18-8)12-9(15)6-4-3-5-7(6)10(16)17/h6-7H,2-5H2,1H3,(H,16,17). The van der Waals surface area contributed by atoms with Gasteiger partial charge in [0.25, 0.3) is 5.91 Å². The van der Waals surface area contributed by atoms with Crippen molar-refractivity contribution < 1.29 is 14.7 Å². The molecule has 2 unspecified atom stereocenters. The van der Waals surface area contributed by atoms with Crippen molar-refractivity contribution >= 4 is 33.8 Å². The first-order valence-corrected chi connectivity index (χ1v) is 6.74. The molecule has 0 aromatic heterocycles. The van der Waals surface area contributed by atoms with E-state index in [0.717, 1.165) is 17.9 Å². The molecule has 2 rings (SSSR count). The molecule has 1 N–H and O–H groups in total. The number of carbonyl (C=O) groups is 2. The lowest BCUT2D eigenvalue weighted by molar-refractivity contribution is -0.145. The maximum Gasteiger partial charge on any atom is 0.307 e. The van der Waals surface area contributed by atoms with Crippen LogP contribution in [0.25, 0.3) is 0 Å². The van der Waals surface area contributed by atoms with E-state index in [4.69, 9.17) is 5.11 Å². The molecule has 1 aliphatic carbocycles. The predicted molar refractivity (Wildman–Crippen MR) is 68.4 cm³/mol. The Balaban J connectivity index is 2.00. The van der Waals surface area contributed by atoms with Crippen LogP contribution in [0.3, 0.4) is 0 Å². The van der Waals surface area contributed by atoms with Gasteiger partial charge in [-0.15, -0.1) is 10.5 Å². The molecule has 1 fully saturated rings. The fraction of sp³-hybridized carbons (Fsp3) is 0.636. The highest BCUT2D eigenvalue weighted by Crippen LogP contribution is 2.33. The first-order chi connectivity index (χ1) is 8.61. The van der Waals surface area contributed by atoms with Crippen molar-refractivity contribution in [3.8, 4) is 0 Å². The van der Waals surface area contributed by atoms with E-state index in [9.17, 15) is 9.59 Å². The van der Waals surface area contributed by atoms with Crippen LogP contribution in [-0.2, 0) is 9.59 Å². The quantitative estimate of drug-likeness (QED) is 0.838. The van der Waals surface area contributed by atoms with Gasteiger partial charge in [-0.3, -0.25) is 9.59 Å². The number of aliphatic imine (C=N–C) groups is 1. The monoisotopic (exact) mass is 268 g/mol. The minimum atomic E-state index is -0.910. The van der Waals surface area contributed by atoms with E-state index in [-0.39, 0.29) is 5.91 Å². The Kier molecular flexibility index (Phi) is 4.00. The number of carbonyl (C=O) groups excluding carboxylic acids is 1. The molecule has 0 aromatic rings. The summed E-state index contributed by atoms with van der Waals surface area (Å²) in [6, 6.07) is 0. The van der Waals surface area contributed by atoms with Gasteiger partial charge in [0, 0.05) is 0 Å². The number of thioether (sulfide) groups is 1. The summed E-state index contributed by atoms with van der Waals surface area (Å²) in [5, 5.41) is 14.0. The Morgan fingerprint density at radius 1 is 1.44 bits per heavy atom. The van der Waals surface area contributed by atoms with Gasteiger partial charge in [-0.2, -0.15) is 4.99 Å². The average Bonchev–Trinajstić information content (AvgIpc) is 2.96. The van der Waals surface area contributed by atoms with Gasteiger partial charge in [0.15, 0.2) is 0 Å². The van der Waals surface area contributed by atoms with Crippen molar-refractivity contribution in [1.82, 2.24) is 5.43 Å². The van der Waals surface area contributed by atoms with E-state index in [0.29, 0.717) is 18.0 Å². The van der Waals surface area contributed by atoms with Gasteiger partial charge in [0.05, 0.1) is 11.8 Å². The van der Waals surface area contributed by atoms with Crippen LogP contribution in [0.5, 0.6) is 0 Å². The Morgan fingerprint density at radius 3 is 2.78 bits per heavy atom. The zero-order valence-corrected chi connectivity index (χ0v) is 10.8. The summed E-state index contributed by atoms with van der Waals surface area (Å²) in [4.78, 5) is 26.8. The molecule has 18 heavy (non-hydrogen) atoms. The second kappa shape index (κ2) is 5.51. The van der Waals surface area contributed by atoms with Crippen LogP contribution in [0.1, 0.15) is 32.6 Å². The zero-order valence-electron chi connectivity index (χ0n) is 10.00. The van der Waals surface area contributed by atoms with Crippen molar-refractivity contribution in [1.29, 1.82) is 0 Å². The number of nitrogens with zero attached hydrogens (tertiary/aromatic N) is 3. The third-order valence-electron chi connectivity index (χ3n) is 3.11. The Labute approximate surface area is 109 Å². The van der Waals surface area contributed by atoms with Crippen LogP contribution >= 0.6 is 11.8 Å². The number of carboxylic acid groups (broad SMARTS) is 1. The van der Waals surface area contributed by atoms with Gasteiger partial charge >= 0.3 is 5.97 Å². The summed E-state index contributed by atoms with van der Waals surface area (Å²) >= 11 is 1.27. The van der Waals surface area contributed by atoms with Gasteiger partial charge < -0.3 is 5.11 Å². The van der Waals surface area contributed by atoms with Crippen molar-refractivity contribution in [3.63, 3.8) is 0 Å². The van der Waals surface area contributed by atoms with Crippen LogP contribution in [0.4, 0.5) is 0 Å². The highest BCUT2D eigenvalue weighted by Gasteiger charge is 2.38. The second-order valence-electron chi connectivity index (χ2n) is 4.26. The molecule has 7 heteroatoms. The van der Waals surface area contributed by atoms with Gasteiger partial charge in [-0.25, -0.2) is 0 Å². The number of amides is 1. The molecular formula is C11H14N3O3S. The van der Waals surface area contributed by atoms with Gasteiger partial charge in [0.1, 0.15) is 5.04 Å². The number of amidine groups is 1.